The molecular formula is C46H30Cl2N14O18S4. The van der Waals surface area contributed by atoms with Crippen LogP contribution in [0.1, 0.15) is 20.7 Å². The highest BCUT2D eigenvalue weighted by Crippen LogP contribution is 2.47. The fourth-order valence-electron chi connectivity index (χ4n) is 7.65. The van der Waals surface area contributed by atoms with Crippen LogP contribution in [-0.4, -0.2) is 114 Å². The number of carboxylic acid groups (broad SMARTS) is 2. The Morgan fingerprint density at radius 1 is 0.429 bits per heavy atom. The van der Waals surface area contributed by atoms with Crippen LogP contribution in [0.3, 0.4) is 0 Å². The number of hydrogen-bond acceptors (Lipinski definition) is 26. The van der Waals surface area contributed by atoms with Crippen molar-refractivity contribution in [2.45, 2.75) is 19.6 Å². The number of aromatic carboxylic acids is 2. The van der Waals surface area contributed by atoms with Crippen LogP contribution in [0.25, 0.3) is 21.5 Å². The van der Waals surface area contributed by atoms with Crippen LogP contribution >= 0.6 is 23.2 Å². The van der Waals surface area contributed by atoms with Gasteiger partial charge >= 0.3 is 11.9 Å². The summed E-state index contributed by atoms with van der Waals surface area (Å²) in [6.07, 6.45) is 0. The Balaban J connectivity index is 1.02. The lowest BCUT2D eigenvalue weighted by atomic mass is 10.1. The number of hydrogen-bond donors (Lipinski definition) is 12. The van der Waals surface area contributed by atoms with E-state index in [-0.39, 0.29) is 45.8 Å². The van der Waals surface area contributed by atoms with Gasteiger partial charge in [-0.1, -0.05) is 6.07 Å². The Morgan fingerprint density at radius 3 is 1.10 bits per heavy atom. The maximum Gasteiger partial charge on any atom is 0.335 e. The minimum Gasteiger partial charge on any atom is -0.505 e. The highest BCUT2D eigenvalue weighted by Gasteiger charge is 2.29. The third kappa shape index (κ3) is 13.3. The van der Waals surface area contributed by atoms with Crippen molar-refractivity contribution in [1.82, 2.24) is 29.9 Å². The third-order valence-electron chi connectivity index (χ3n) is 11.2. The summed E-state index contributed by atoms with van der Waals surface area (Å²) in [6, 6.07) is 20.1. The monoisotopic (exact) mass is 1260 g/mol. The molecule has 12 N–H and O–H groups in total. The molecule has 0 aliphatic heterocycles. The van der Waals surface area contributed by atoms with Crippen LogP contribution in [0.5, 0.6) is 11.5 Å². The summed E-state index contributed by atoms with van der Waals surface area (Å²) in [6.45, 7) is 0. The Labute approximate surface area is 479 Å². The Morgan fingerprint density at radius 2 is 0.774 bits per heavy atom. The molecule has 0 aliphatic carbocycles. The van der Waals surface area contributed by atoms with Crippen LogP contribution in [0.2, 0.25) is 10.6 Å². The van der Waals surface area contributed by atoms with E-state index in [1.54, 1.807) is 0 Å². The summed E-state index contributed by atoms with van der Waals surface area (Å²) in [5.74, 6) is -6.39. The first-order valence-corrected chi connectivity index (χ1v) is 29.0. The number of carbonyl (C=O) groups is 2. The quantitative estimate of drug-likeness (QED) is 0.0216. The molecule has 430 valence electrons. The first-order valence-electron chi connectivity index (χ1n) is 22.5. The Bertz CT molecular complexity index is 4500. The SMILES string of the molecule is O=C(O)c1ccc(N=Nc2cc(S(=O)(=O)O)cc3cc(S(=O)(=O)O)c(Nc4nc(Cl)nc(Nc5cccc(Nc6nc(Cl)nc(Nc7c(S(=O)(=O)O)cc8cc(S(=O)(=O)O)cc(N=Nc9ccc(C(=O)O)cc9)c8c7O)n6)c5)n4)c(O)c23)cc1. The largest absolute Gasteiger partial charge is 0.505 e. The molecule has 0 amide bonds. The minimum atomic E-state index is -5.33. The molecule has 0 saturated heterocycles. The molecule has 9 rings (SSSR count). The lowest BCUT2D eigenvalue weighted by Crippen LogP contribution is -2.09. The number of phenolic OH excluding ortho intramolecular Hbond substituents is 2. The van der Waals surface area contributed by atoms with Crippen LogP contribution in [0, 0.1) is 0 Å². The molecule has 38 heteroatoms. The van der Waals surface area contributed by atoms with Crippen LogP contribution in [0.4, 0.5) is 69.3 Å². The number of fused-ring (bicyclic) bond motifs is 2. The van der Waals surface area contributed by atoms with E-state index in [9.17, 15) is 81.9 Å². The average Bonchev–Trinajstić information content (AvgIpc) is 0.981. The predicted molar refractivity (Wildman–Crippen MR) is 295 cm³/mol. The number of anilines is 8. The standard InChI is InChI=1S/C46H30Cl2N14O18S4/c47-41-53-43(57-45(55-41)51-35-31(83(75,76)77)14-21-12-27(81(69,70)71)17-29(33(21)37(35)63)61-59-23-8-4-19(5-9-23)39(65)66)49-25-2-1-3-26(16-25)50-44-54-42(48)56-46(58-44)52-36-32(84(78,79)80)15-22-13-28(82(72,73)74)18-30(34(22)38(36)64)62-60-24-10-6-20(7-11-24)40(67)68/h1-18,63-64H,(H,65,66)(H,67,68)(H,69,70,71)(H,72,73,74)(H,75,76,77)(H,78,79,80)(H2,49,51,53,55,57)(H2,50,52,54,56,58). The Hall–Kier alpha value is -9.76. The number of halogens is 2. The van der Waals surface area contributed by atoms with Gasteiger partial charge in [0.2, 0.25) is 34.4 Å². The summed E-state index contributed by atoms with van der Waals surface area (Å²) in [5.41, 5.74) is -2.43. The van der Waals surface area contributed by atoms with Gasteiger partial charge in [0.05, 0.1) is 54.4 Å². The topological polar surface area (TPSA) is 507 Å². The number of aromatic nitrogens is 6. The number of azo groups is 2. The first-order chi connectivity index (χ1) is 39.4. The first kappa shape index (κ1) is 58.9. The molecule has 0 atom stereocenters. The number of phenols is 2. The van der Waals surface area contributed by atoms with Crippen molar-refractivity contribution in [1.29, 1.82) is 0 Å². The maximum atomic E-state index is 12.8. The van der Waals surface area contributed by atoms with Crippen molar-refractivity contribution in [2.24, 2.45) is 20.5 Å². The lowest BCUT2D eigenvalue weighted by molar-refractivity contribution is 0.0686. The second kappa shape index (κ2) is 22.5. The summed E-state index contributed by atoms with van der Waals surface area (Å²) < 4.78 is 141. The molecule has 0 aliphatic rings. The van der Waals surface area contributed by atoms with E-state index in [4.69, 9.17) is 23.2 Å². The molecule has 2 aromatic heterocycles. The third-order valence-corrected chi connectivity index (χ3v) is 15.0. The molecule has 0 fully saturated rings. The predicted octanol–water partition coefficient (Wildman–Crippen LogP) is 9.27. The van der Waals surface area contributed by atoms with E-state index in [0.717, 1.165) is 36.4 Å². The zero-order valence-electron chi connectivity index (χ0n) is 40.9. The van der Waals surface area contributed by atoms with E-state index >= 15 is 0 Å². The van der Waals surface area contributed by atoms with E-state index in [1.807, 2.05) is 0 Å². The second-order valence-electron chi connectivity index (χ2n) is 16.9. The van der Waals surface area contributed by atoms with Gasteiger partial charge in [0.25, 0.3) is 40.5 Å². The summed E-state index contributed by atoms with van der Waals surface area (Å²) in [5, 5.41) is 65.5. The van der Waals surface area contributed by atoms with E-state index < -0.39 is 150 Å². The van der Waals surface area contributed by atoms with Gasteiger partial charge in [-0.05, 0) is 137 Å². The molecule has 0 saturated carbocycles. The lowest BCUT2D eigenvalue weighted by Gasteiger charge is -2.16. The van der Waals surface area contributed by atoms with Crippen LogP contribution in [-0.2, 0) is 40.5 Å². The molecule has 84 heavy (non-hydrogen) atoms. The molecule has 2 heterocycles. The molecule has 0 spiro atoms. The number of carboxylic acids is 2. The van der Waals surface area contributed by atoms with Crippen molar-refractivity contribution in [2.75, 3.05) is 21.3 Å². The van der Waals surface area contributed by atoms with Gasteiger partial charge in [0, 0.05) is 11.4 Å². The van der Waals surface area contributed by atoms with Crippen molar-refractivity contribution in [3.8, 4) is 11.5 Å². The molecular weight excluding hydrogens is 1240 g/mol. The molecule has 0 unspecified atom stereocenters. The van der Waals surface area contributed by atoms with Gasteiger partial charge in [0.1, 0.15) is 21.2 Å². The summed E-state index contributed by atoms with van der Waals surface area (Å²) in [4.78, 5) is 43.0. The Kier molecular flexibility index (Phi) is 15.8. The van der Waals surface area contributed by atoms with Crippen molar-refractivity contribution in [3.05, 3.63) is 131 Å². The number of aromatic hydroxyl groups is 2. The zero-order chi connectivity index (χ0) is 60.8. The summed E-state index contributed by atoms with van der Waals surface area (Å²) >= 11 is 12.5. The van der Waals surface area contributed by atoms with E-state index in [2.05, 4.69) is 71.6 Å². The molecule has 0 bridgehead atoms. The number of nitrogens with zero attached hydrogens (tertiary/aromatic N) is 10. The normalized spacial score (nSPS) is 12.3. The molecule has 7 aromatic carbocycles. The van der Waals surface area contributed by atoms with Crippen molar-refractivity contribution >= 4 is 166 Å². The van der Waals surface area contributed by atoms with Crippen molar-refractivity contribution < 1.29 is 81.9 Å². The van der Waals surface area contributed by atoms with E-state index in [1.165, 1.54) is 72.8 Å². The maximum absolute atomic E-state index is 12.8. The van der Waals surface area contributed by atoms with E-state index in [0.29, 0.717) is 0 Å². The van der Waals surface area contributed by atoms with Gasteiger partial charge in [0.15, 0.2) is 11.5 Å². The highest BCUT2D eigenvalue weighted by atomic mass is 35.5. The number of benzene rings is 7. The summed E-state index contributed by atoms with van der Waals surface area (Å²) in [7, 11) is -20.7. The van der Waals surface area contributed by atoms with Gasteiger partial charge in [-0.2, -0.15) is 73.8 Å². The number of rotatable bonds is 18. The van der Waals surface area contributed by atoms with Gasteiger partial charge < -0.3 is 41.7 Å². The van der Waals surface area contributed by atoms with Crippen LogP contribution in [0.15, 0.2) is 149 Å². The smallest absolute Gasteiger partial charge is 0.335 e. The molecule has 32 nitrogen and oxygen atoms in total. The van der Waals surface area contributed by atoms with Gasteiger partial charge in [-0.25, -0.2) is 9.59 Å². The van der Waals surface area contributed by atoms with Gasteiger partial charge in [-0.3, -0.25) is 18.2 Å². The fraction of sp³-hybridized carbons (Fsp3) is 0. The van der Waals surface area contributed by atoms with Crippen molar-refractivity contribution in [3.63, 3.8) is 0 Å². The number of nitrogens with one attached hydrogen (secondary N) is 4. The second-order valence-corrected chi connectivity index (χ2v) is 23.2. The highest BCUT2D eigenvalue weighted by molar-refractivity contribution is 7.86. The molecule has 9 aromatic rings. The van der Waals surface area contributed by atoms with Crippen LogP contribution < -0.4 is 21.3 Å². The molecule has 0 radical (unpaired) electrons. The zero-order valence-corrected chi connectivity index (χ0v) is 45.7. The fourth-order valence-corrected chi connectivity index (χ4v) is 10.4. The van der Waals surface area contributed by atoms with Gasteiger partial charge in [-0.15, -0.1) is 10.2 Å². The minimum absolute atomic E-state index is 0.0320. The average molecular weight is 1270 g/mol.